The largest absolute Gasteiger partial charge is 0.390 e. The lowest BCUT2D eigenvalue weighted by atomic mass is 10.00. The van der Waals surface area contributed by atoms with Crippen molar-refractivity contribution in [1.82, 2.24) is 4.98 Å². The summed E-state index contributed by atoms with van der Waals surface area (Å²) in [6.45, 7) is 3.51. The van der Waals surface area contributed by atoms with Crippen LogP contribution in [-0.2, 0) is 6.42 Å². The molecule has 0 amide bonds. The highest BCUT2D eigenvalue weighted by Crippen LogP contribution is 2.19. The van der Waals surface area contributed by atoms with Gasteiger partial charge in [0.1, 0.15) is 0 Å². The molecule has 0 aromatic carbocycles. The van der Waals surface area contributed by atoms with Gasteiger partial charge in [0, 0.05) is 18.8 Å². The molecule has 0 aliphatic heterocycles. The van der Waals surface area contributed by atoms with Gasteiger partial charge in [0.05, 0.1) is 10.6 Å². The summed E-state index contributed by atoms with van der Waals surface area (Å²) < 4.78 is 0. The number of hydrogen-bond acceptors (Lipinski definition) is 2. The lowest BCUT2D eigenvalue weighted by Crippen LogP contribution is -2.21. The van der Waals surface area contributed by atoms with Gasteiger partial charge in [-0.05, 0) is 25.5 Å². The number of pyridine rings is 1. The molecule has 1 rings (SSSR count). The fraction of sp³-hybridized carbons (Fsp3) is 0.444. The van der Waals surface area contributed by atoms with E-state index in [1.54, 1.807) is 26.2 Å². The van der Waals surface area contributed by atoms with E-state index in [9.17, 15) is 5.11 Å². The molecule has 0 saturated heterocycles. The Hall–Kier alpha value is -0.600. The molecule has 0 atom stereocenters. The van der Waals surface area contributed by atoms with Crippen molar-refractivity contribution in [2.45, 2.75) is 25.9 Å². The molecule has 12 heavy (non-hydrogen) atoms. The Kier molecular flexibility index (Phi) is 2.70. The molecule has 0 unspecified atom stereocenters. The zero-order chi connectivity index (χ0) is 9.19. The average molecular weight is 186 g/mol. The van der Waals surface area contributed by atoms with Gasteiger partial charge in [0.15, 0.2) is 0 Å². The monoisotopic (exact) mass is 185 g/mol. The summed E-state index contributed by atoms with van der Waals surface area (Å²) in [6.07, 6.45) is 3.81. The number of nitrogens with zero attached hydrogens (tertiary/aromatic N) is 1. The van der Waals surface area contributed by atoms with E-state index < -0.39 is 5.60 Å². The van der Waals surface area contributed by atoms with Gasteiger partial charge in [-0.2, -0.15) is 0 Å². The molecule has 1 aromatic rings. The lowest BCUT2D eigenvalue weighted by Gasteiger charge is -2.17. The third kappa shape index (κ3) is 2.80. The fourth-order valence-corrected chi connectivity index (χ4v) is 1.20. The Labute approximate surface area is 77.2 Å². The van der Waals surface area contributed by atoms with Crippen molar-refractivity contribution in [2.75, 3.05) is 0 Å². The SMILES string of the molecule is CC(C)(O)Cc1ccncc1Cl. The summed E-state index contributed by atoms with van der Waals surface area (Å²) in [5, 5.41) is 10.1. The smallest absolute Gasteiger partial charge is 0.0632 e. The molecule has 0 radical (unpaired) electrons. The van der Waals surface area contributed by atoms with Crippen LogP contribution in [0.2, 0.25) is 5.02 Å². The minimum absolute atomic E-state index is 0.550. The first-order chi connectivity index (χ1) is 5.49. The van der Waals surface area contributed by atoms with E-state index in [4.69, 9.17) is 11.6 Å². The maximum absolute atomic E-state index is 9.52. The van der Waals surface area contributed by atoms with Crippen LogP contribution in [0.5, 0.6) is 0 Å². The maximum Gasteiger partial charge on any atom is 0.0632 e. The predicted octanol–water partition coefficient (Wildman–Crippen LogP) is 2.05. The summed E-state index contributed by atoms with van der Waals surface area (Å²) in [4.78, 5) is 3.86. The minimum Gasteiger partial charge on any atom is -0.390 e. The van der Waals surface area contributed by atoms with Gasteiger partial charge in [-0.1, -0.05) is 11.6 Å². The quantitative estimate of drug-likeness (QED) is 0.765. The zero-order valence-corrected chi connectivity index (χ0v) is 7.97. The molecule has 0 spiro atoms. The highest BCUT2D eigenvalue weighted by atomic mass is 35.5. The third-order valence-corrected chi connectivity index (χ3v) is 1.82. The van der Waals surface area contributed by atoms with E-state index in [1.807, 2.05) is 6.07 Å². The van der Waals surface area contributed by atoms with E-state index in [2.05, 4.69) is 4.98 Å². The predicted molar refractivity (Wildman–Crippen MR) is 49.2 cm³/mol. The normalized spacial score (nSPS) is 11.7. The van der Waals surface area contributed by atoms with Crippen molar-refractivity contribution in [1.29, 1.82) is 0 Å². The first-order valence-electron chi connectivity index (χ1n) is 3.80. The van der Waals surface area contributed by atoms with Gasteiger partial charge in [0.25, 0.3) is 0 Å². The molecule has 0 saturated carbocycles. The highest BCUT2D eigenvalue weighted by molar-refractivity contribution is 6.31. The van der Waals surface area contributed by atoms with Gasteiger partial charge >= 0.3 is 0 Å². The number of hydrogen-bond donors (Lipinski definition) is 1. The molecular weight excluding hydrogens is 174 g/mol. The summed E-state index contributed by atoms with van der Waals surface area (Å²) in [5.74, 6) is 0. The Bertz CT molecular complexity index is 267. The molecule has 1 heterocycles. The molecule has 0 bridgehead atoms. The third-order valence-electron chi connectivity index (χ3n) is 1.48. The van der Waals surface area contributed by atoms with Crippen LogP contribution >= 0.6 is 11.6 Å². The van der Waals surface area contributed by atoms with Crippen LogP contribution in [0.15, 0.2) is 18.5 Å². The summed E-state index contributed by atoms with van der Waals surface area (Å²) >= 11 is 5.86. The van der Waals surface area contributed by atoms with Crippen LogP contribution in [0.1, 0.15) is 19.4 Å². The Morgan fingerprint density at radius 1 is 1.58 bits per heavy atom. The lowest BCUT2D eigenvalue weighted by molar-refractivity contribution is 0.0810. The van der Waals surface area contributed by atoms with E-state index in [-0.39, 0.29) is 0 Å². The number of aromatic nitrogens is 1. The van der Waals surface area contributed by atoms with Gasteiger partial charge in [-0.3, -0.25) is 4.98 Å². The summed E-state index contributed by atoms with van der Waals surface area (Å²) in [7, 11) is 0. The molecule has 2 nitrogen and oxygen atoms in total. The van der Waals surface area contributed by atoms with Gasteiger partial charge in [-0.15, -0.1) is 0 Å². The summed E-state index contributed by atoms with van der Waals surface area (Å²) in [6, 6.07) is 1.82. The van der Waals surface area contributed by atoms with Gasteiger partial charge < -0.3 is 5.11 Å². The number of aliphatic hydroxyl groups is 1. The molecule has 1 aromatic heterocycles. The van der Waals surface area contributed by atoms with Crippen molar-refractivity contribution in [3.63, 3.8) is 0 Å². The first kappa shape index (κ1) is 9.49. The topological polar surface area (TPSA) is 33.1 Å². The van der Waals surface area contributed by atoms with E-state index >= 15 is 0 Å². The van der Waals surface area contributed by atoms with Crippen molar-refractivity contribution < 1.29 is 5.11 Å². The fourth-order valence-electron chi connectivity index (χ4n) is 1.01. The van der Waals surface area contributed by atoms with Crippen LogP contribution in [0, 0.1) is 0 Å². The van der Waals surface area contributed by atoms with Crippen LogP contribution < -0.4 is 0 Å². The van der Waals surface area contributed by atoms with Gasteiger partial charge in [0.2, 0.25) is 0 Å². The van der Waals surface area contributed by atoms with Crippen LogP contribution in [0.3, 0.4) is 0 Å². The van der Waals surface area contributed by atoms with Crippen molar-refractivity contribution in [2.24, 2.45) is 0 Å². The van der Waals surface area contributed by atoms with Crippen LogP contribution in [0.25, 0.3) is 0 Å². The van der Waals surface area contributed by atoms with Crippen molar-refractivity contribution >= 4 is 11.6 Å². The van der Waals surface area contributed by atoms with E-state index in [1.165, 1.54) is 0 Å². The average Bonchev–Trinajstić information content (AvgIpc) is 1.91. The molecule has 0 aliphatic carbocycles. The Balaban J connectivity index is 2.83. The van der Waals surface area contributed by atoms with E-state index in [0.717, 1.165) is 5.56 Å². The Morgan fingerprint density at radius 3 is 2.75 bits per heavy atom. The van der Waals surface area contributed by atoms with Crippen molar-refractivity contribution in [3.8, 4) is 0 Å². The minimum atomic E-state index is -0.717. The zero-order valence-electron chi connectivity index (χ0n) is 7.21. The molecule has 0 aliphatic rings. The first-order valence-corrected chi connectivity index (χ1v) is 4.17. The second-order valence-electron chi connectivity index (χ2n) is 3.46. The summed E-state index contributed by atoms with van der Waals surface area (Å²) in [5.41, 5.74) is 0.213. The standard InChI is InChI=1S/C9H12ClNO/c1-9(2,12)5-7-3-4-11-6-8(7)10/h3-4,6,12H,5H2,1-2H3. The Morgan fingerprint density at radius 2 is 2.25 bits per heavy atom. The van der Waals surface area contributed by atoms with Crippen molar-refractivity contribution in [3.05, 3.63) is 29.0 Å². The maximum atomic E-state index is 9.52. The molecule has 1 N–H and O–H groups in total. The highest BCUT2D eigenvalue weighted by Gasteiger charge is 2.14. The molecule has 0 fully saturated rings. The van der Waals surface area contributed by atoms with E-state index in [0.29, 0.717) is 11.4 Å². The van der Waals surface area contributed by atoms with Crippen LogP contribution in [-0.4, -0.2) is 15.7 Å². The second kappa shape index (κ2) is 3.42. The molecular formula is C9H12ClNO. The number of halogens is 1. The molecule has 3 heteroatoms. The van der Waals surface area contributed by atoms with Gasteiger partial charge in [-0.25, -0.2) is 0 Å². The molecule has 66 valence electrons. The number of rotatable bonds is 2. The second-order valence-corrected chi connectivity index (χ2v) is 3.86. The van der Waals surface area contributed by atoms with Crippen LogP contribution in [0.4, 0.5) is 0 Å².